The number of aromatic amines is 3. The zero-order valence-corrected chi connectivity index (χ0v) is 71.0. The number of benzene rings is 4. The Morgan fingerprint density at radius 3 is 1.24 bits per heavy atom. The number of aromatic nitrogens is 4. The molecule has 0 radical (unpaired) electrons. The molecule has 0 aliphatic carbocycles. The predicted molar refractivity (Wildman–Crippen MR) is 463 cm³/mol. The van der Waals surface area contributed by atoms with Crippen LogP contribution in [0.15, 0.2) is 122 Å². The van der Waals surface area contributed by atoms with Crippen molar-refractivity contribution < 1.29 is 112 Å². The van der Waals surface area contributed by atoms with Gasteiger partial charge in [0.2, 0.25) is 88.6 Å². The lowest BCUT2D eigenvalue weighted by Crippen LogP contribution is -2.62. The Balaban J connectivity index is 1.15. The Bertz CT molecular complexity index is 5090. The standard InChI is InChI=1S/C81H104N22O23S2/c1-40(105)68(103-73(119)53(12-7-25-86-81(83)84)94-78(124)62(37-127)93-65(110)35-90-70(116)61(36-104)92-41(2)106)80(126)101-59(29-45-32-88-52-11-6-4-9-50(45)52)75(121)95-55(22-24-67(113)114)72(118)102-63(38-128)79(125)98-57(27-43-15-19-48(108)20-16-43)74(120)99-58(28-44-31-87-51-10-5-3-8-49(44)51)76(122)100-60(30-46-33-85-39-91-46)77(123)96-54(21-23-66(111)112)71(117)97-56(69(115)89-34-64(82)109)26-42-13-17-47(107)18-14-42/h3-6,8-11,13-20,31-33,39-40,53-63,68,87-88,104-105,107-108,127-128H,7,12,21-30,34-38H2,1-2H3,(H2,82,109)(H,85,91)(H,89,115)(H,90,116)(H,92,106)(H,93,110)(H,94,124)(H,95,121)(H,96,123)(H,97,117)(H,98,125)(H,99,120)(H,100,122)(H,101,126)(H,102,118)(H,103,119)(H,111,112)(H,113,114)(H4,83,84,86)/t40-,53+,54+,55+,56+,57+,58+,59+,60+,61+,62+,63+,68+/m1/s1. The fraction of sp³-hybridized carbons (Fsp3) is 0.395. The number of hydrogen-bond donors (Lipinski definition) is 29. The number of nitrogens with zero attached hydrogens (tertiary/aromatic N) is 1. The summed E-state index contributed by atoms with van der Waals surface area (Å²) in [5, 5.41) is 106. The minimum absolute atomic E-state index is 0.00506. The molecule has 0 saturated heterocycles. The maximum absolute atomic E-state index is 15.3. The third-order valence-corrected chi connectivity index (χ3v) is 20.5. The van der Waals surface area contributed by atoms with Gasteiger partial charge >= 0.3 is 11.9 Å². The van der Waals surface area contributed by atoms with Gasteiger partial charge in [-0.05, 0) is 91.3 Å². The van der Waals surface area contributed by atoms with Crippen molar-refractivity contribution in [1.29, 1.82) is 5.41 Å². The molecular formula is C81H104N22O23S2. The normalized spacial score (nSPS) is 14.1. The molecule has 7 aromatic rings. The molecule has 3 heterocycles. The minimum Gasteiger partial charge on any atom is -0.508 e. The van der Waals surface area contributed by atoms with Crippen LogP contribution in [0.25, 0.3) is 21.8 Å². The highest BCUT2D eigenvalue weighted by Crippen LogP contribution is 2.23. The highest BCUT2D eigenvalue weighted by Gasteiger charge is 2.39. The molecule has 128 heavy (non-hydrogen) atoms. The van der Waals surface area contributed by atoms with Crippen LogP contribution in [-0.2, 0) is 114 Å². The van der Waals surface area contributed by atoms with Gasteiger partial charge in [0.1, 0.15) is 84.0 Å². The van der Waals surface area contributed by atoms with Gasteiger partial charge in [-0.1, -0.05) is 60.7 Å². The second-order valence-corrected chi connectivity index (χ2v) is 30.3. The van der Waals surface area contributed by atoms with Crippen molar-refractivity contribution in [3.8, 4) is 11.5 Å². The van der Waals surface area contributed by atoms with E-state index in [1.54, 1.807) is 54.7 Å². The third-order valence-electron chi connectivity index (χ3n) is 19.7. The Kier molecular flexibility index (Phi) is 39.3. The number of H-pyrrole nitrogens is 3. The van der Waals surface area contributed by atoms with Gasteiger partial charge in [0, 0.05) is 116 Å². The lowest BCUT2D eigenvalue weighted by atomic mass is 10.0. The summed E-state index contributed by atoms with van der Waals surface area (Å²) in [6.45, 7) is -0.118. The molecule has 0 unspecified atom stereocenters. The number of amides is 15. The van der Waals surface area contributed by atoms with Crippen LogP contribution >= 0.6 is 25.3 Å². The van der Waals surface area contributed by atoms with Crippen molar-refractivity contribution in [2.75, 3.05) is 37.7 Å². The molecule has 688 valence electrons. The Morgan fingerprint density at radius 2 is 0.820 bits per heavy atom. The van der Waals surface area contributed by atoms with Crippen LogP contribution in [0.2, 0.25) is 0 Å². The molecule has 0 spiro atoms. The summed E-state index contributed by atoms with van der Waals surface area (Å²) >= 11 is 8.52. The van der Waals surface area contributed by atoms with Crippen LogP contribution in [0.3, 0.4) is 0 Å². The van der Waals surface area contributed by atoms with Gasteiger partial charge in [-0.2, -0.15) is 25.3 Å². The van der Waals surface area contributed by atoms with E-state index in [4.69, 9.17) is 16.9 Å². The highest BCUT2D eigenvalue weighted by atomic mass is 32.1. The summed E-state index contributed by atoms with van der Waals surface area (Å²) in [6, 6.07) is 3.83. The molecule has 15 amide bonds. The van der Waals surface area contributed by atoms with Crippen molar-refractivity contribution in [2.45, 2.75) is 163 Å². The maximum Gasteiger partial charge on any atom is 0.303 e. The molecule has 0 fully saturated rings. The number of carboxylic acid groups (broad SMARTS) is 2. The number of carbonyl (C=O) groups excluding carboxylic acids is 15. The number of nitrogens with two attached hydrogens (primary N) is 2. The third kappa shape index (κ3) is 32.3. The second-order valence-electron chi connectivity index (χ2n) is 29.6. The Hall–Kier alpha value is -14.4. The van der Waals surface area contributed by atoms with Gasteiger partial charge in [0.05, 0.1) is 32.1 Å². The summed E-state index contributed by atoms with van der Waals surface area (Å²) in [4.78, 5) is 247. The maximum atomic E-state index is 15.3. The van der Waals surface area contributed by atoms with E-state index < -0.39 is 261 Å². The number of carboxylic acids is 2. The van der Waals surface area contributed by atoms with E-state index in [2.05, 4.69) is 125 Å². The van der Waals surface area contributed by atoms with E-state index in [0.29, 0.717) is 38.5 Å². The van der Waals surface area contributed by atoms with Crippen molar-refractivity contribution in [3.05, 3.63) is 150 Å². The molecule has 0 saturated carbocycles. The van der Waals surface area contributed by atoms with Gasteiger partial charge in [-0.25, -0.2) is 4.98 Å². The fourth-order valence-corrected chi connectivity index (χ4v) is 13.6. The van der Waals surface area contributed by atoms with E-state index >= 15 is 14.4 Å². The molecule has 0 aliphatic heterocycles. The van der Waals surface area contributed by atoms with Gasteiger partial charge < -0.3 is 137 Å². The first-order valence-corrected chi connectivity index (χ1v) is 41.3. The molecule has 45 nitrogen and oxygen atoms in total. The number of primary amides is 1. The Labute approximate surface area is 741 Å². The van der Waals surface area contributed by atoms with E-state index in [1.807, 2.05) is 0 Å². The number of thiol groups is 2. The predicted octanol–water partition coefficient (Wildman–Crippen LogP) is -5.92. The van der Waals surface area contributed by atoms with Gasteiger partial charge in [-0.3, -0.25) is 86.9 Å². The number of fused-ring (bicyclic) bond motifs is 2. The number of aliphatic hydroxyl groups is 2. The monoisotopic (exact) mass is 1820 g/mol. The average molecular weight is 1820 g/mol. The Morgan fingerprint density at radius 1 is 0.438 bits per heavy atom. The molecule has 29 N–H and O–H groups in total. The van der Waals surface area contributed by atoms with Gasteiger partial charge in [0.25, 0.3) is 0 Å². The molecule has 3 aromatic heterocycles. The number of aromatic hydroxyl groups is 2. The fourth-order valence-electron chi connectivity index (χ4n) is 13.1. The van der Waals surface area contributed by atoms with Gasteiger partial charge in [0.15, 0.2) is 5.96 Å². The summed E-state index contributed by atoms with van der Waals surface area (Å²) in [5.41, 5.74) is 13.6. The number of phenolic OH excluding ortho intramolecular Hbond substituents is 2. The lowest BCUT2D eigenvalue weighted by Gasteiger charge is -2.29. The largest absolute Gasteiger partial charge is 0.508 e. The average Bonchev–Trinajstić information content (AvgIpc) is 1.67. The first-order chi connectivity index (χ1) is 60.9. The van der Waals surface area contributed by atoms with Crippen molar-refractivity contribution in [3.63, 3.8) is 0 Å². The number of rotatable bonds is 52. The first kappa shape index (κ1) is 101. The smallest absolute Gasteiger partial charge is 0.303 e. The number of aliphatic carboxylic acids is 2. The molecule has 47 heteroatoms. The van der Waals surface area contributed by atoms with Crippen LogP contribution in [0.5, 0.6) is 11.5 Å². The van der Waals surface area contributed by atoms with Crippen LogP contribution in [0.4, 0.5) is 0 Å². The van der Waals surface area contributed by atoms with Crippen molar-refractivity contribution in [1.82, 2.24) is 99.7 Å². The molecule has 7 rings (SSSR count). The number of hydrogen-bond acceptors (Lipinski definition) is 25. The van der Waals surface area contributed by atoms with Crippen LogP contribution in [0, 0.1) is 5.41 Å². The quantitative estimate of drug-likeness (QED) is 0.00731. The minimum atomic E-state index is -1.98. The molecule has 4 aromatic carbocycles. The van der Waals surface area contributed by atoms with Crippen molar-refractivity contribution in [2.24, 2.45) is 11.5 Å². The van der Waals surface area contributed by atoms with E-state index in [0.717, 1.165) is 13.8 Å². The van der Waals surface area contributed by atoms with E-state index in [9.17, 15) is 97.8 Å². The zero-order valence-electron chi connectivity index (χ0n) is 69.2. The summed E-state index contributed by atoms with van der Waals surface area (Å²) < 4.78 is 0. The molecule has 0 aliphatic rings. The SMILES string of the molecule is CC(=O)N[C@@H](CO)C(=O)NCC(=O)N[C@@H](CS)C(=O)N[C@@H](CCCNC(=N)N)C(=O)N[C@H](C(=O)N[C@@H](Cc1c[nH]c2ccccc12)C(=O)N[C@@H](CCC(=O)O)C(=O)N[C@@H](CS)C(=O)N[C@@H](Cc1ccc(O)cc1)C(=O)N[C@@H](Cc1c[nH]c2ccccc12)C(=O)N[C@@H](Cc1cnc[nH]1)C(=O)N[C@@H](CCC(=O)O)C(=O)N[C@@H](Cc1ccc(O)cc1)C(=O)NCC(N)=O)[C@@H](C)O. The summed E-state index contributed by atoms with van der Waals surface area (Å²) in [6.07, 6.45) is -1.28. The first-order valence-electron chi connectivity index (χ1n) is 40.0. The van der Waals surface area contributed by atoms with Crippen molar-refractivity contribution >= 4 is 154 Å². The number of para-hydroxylation sites is 2. The number of phenols is 2. The lowest BCUT2D eigenvalue weighted by molar-refractivity contribution is -0.139. The summed E-state index contributed by atoms with van der Waals surface area (Å²) in [5.74, 6) is -20.5. The zero-order chi connectivity index (χ0) is 93.8. The topological polar surface area (TPSA) is 728 Å². The highest BCUT2D eigenvalue weighted by molar-refractivity contribution is 7.80. The van der Waals surface area contributed by atoms with E-state index in [1.165, 1.54) is 67.3 Å². The number of nitrogens with one attached hydrogen (secondary N) is 19. The summed E-state index contributed by atoms with van der Waals surface area (Å²) in [7, 11) is 0. The second kappa shape index (κ2) is 50.0. The number of carbonyl (C=O) groups is 17. The van der Waals surface area contributed by atoms with Crippen LogP contribution in [-0.4, -0.2) is 273 Å². The van der Waals surface area contributed by atoms with Crippen LogP contribution in [0.1, 0.15) is 80.3 Å². The van der Waals surface area contributed by atoms with Gasteiger partial charge in [-0.15, -0.1) is 0 Å². The number of aliphatic hydroxyl groups excluding tert-OH is 2. The molecular weight excluding hydrogens is 1710 g/mol. The number of imidazole rings is 1. The molecule has 0 bridgehead atoms. The molecule has 13 atom stereocenters. The number of guanidine groups is 1. The van der Waals surface area contributed by atoms with Crippen LogP contribution < -0.4 is 91.2 Å². The van der Waals surface area contributed by atoms with E-state index in [-0.39, 0.29) is 55.0 Å².